The monoisotopic (exact) mass is 842 g/mol. The van der Waals surface area contributed by atoms with E-state index in [-0.39, 0.29) is 22.9 Å². The highest BCUT2D eigenvalue weighted by molar-refractivity contribution is 5.90. The lowest BCUT2D eigenvalue weighted by Crippen LogP contribution is -1.97. The fourth-order valence-corrected chi connectivity index (χ4v) is 7.53. The Kier molecular flexibility index (Phi) is 27.8. The Morgan fingerprint density at radius 3 is 1.16 bits per heavy atom. The first kappa shape index (κ1) is 51.0. The molecule has 0 saturated heterocycles. The summed E-state index contributed by atoms with van der Waals surface area (Å²) in [5, 5.41) is 33.0. The molecule has 0 bridgehead atoms. The minimum atomic E-state index is -0.489. The van der Waals surface area contributed by atoms with Gasteiger partial charge in [0.2, 0.25) is 0 Å². The number of nitro groups is 1. The standard InChI is InChI=1S/C52H79N3O6/c1-3-5-7-9-11-13-15-17-19-21-23-25-27-29-37-60-47-34-31-44(51(56)40-47)42-53-49-36-33-46(55(58)59)39-50(49)54-43-45-32-35-48(41-52(45)57)61-38-30-28-26-24-22-20-18-16-14-12-10-8-6-4-2/h31-36,39-43,56-57H,3-30,37-38H2,1-2H3. The molecule has 0 aliphatic carbocycles. The van der Waals surface area contributed by atoms with Gasteiger partial charge in [-0.25, -0.2) is 0 Å². The second kappa shape index (κ2) is 33.3. The zero-order valence-corrected chi connectivity index (χ0v) is 37.9. The molecular formula is C52H79N3O6. The molecule has 0 fully saturated rings. The highest BCUT2D eigenvalue weighted by Crippen LogP contribution is 2.33. The number of non-ortho nitro benzene ring substituents is 1. The summed E-state index contributed by atoms with van der Waals surface area (Å²) in [6.07, 6.45) is 39.4. The summed E-state index contributed by atoms with van der Waals surface area (Å²) in [5.41, 5.74) is 1.39. The van der Waals surface area contributed by atoms with Gasteiger partial charge in [0.25, 0.3) is 5.69 Å². The van der Waals surface area contributed by atoms with E-state index in [0.29, 0.717) is 41.5 Å². The van der Waals surface area contributed by atoms with Gasteiger partial charge in [-0.3, -0.25) is 20.1 Å². The van der Waals surface area contributed by atoms with Crippen molar-refractivity contribution in [1.29, 1.82) is 0 Å². The molecule has 0 heterocycles. The van der Waals surface area contributed by atoms with Crippen molar-refractivity contribution in [2.75, 3.05) is 13.2 Å². The number of hydrogen-bond acceptors (Lipinski definition) is 8. The van der Waals surface area contributed by atoms with Gasteiger partial charge in [-0.1, -0.05) is 181 Å². The van der Waals surface area contributed by atoms with Gasteiger partial charge >= 0.3 is 0 Å². The van der Waals surface area contributed by atoms with Gasteiger partial charge in [-0.2, -0.15) is 0 Å². The number of benzene rings is 3. The van der Waals surface area contributed by atoms with Gasteiger partial charge < -0.3 is 19.7 Å². The van der Waals surface area contributed by atoms with Crippen LogP contribution >= 0.6 is 0 Å². The molecule has 0 radical (unpaired) electrons. The first-order valence-corrected chi connectivity index (χ1v) is 24.2. The predicted octanol–water partition coefficient (Wildman–Crippen LogP) is 16.2. The van der Waals surface area contributed by atoms with Crippen LogP contribution in [-0.4, -0.2) is 40.8 Å². The van der Waals surface area contributed by atoms with Crippen molar-refractivity contribution in [3.8, 4) is 23.0 Å². The molecule has 0 amide bonds. The highest BCUT2D eigenvalue weighted by Gasteiger charge is 2.11. The summed E-state index contributed by atoms with van der Waals surface area (Å²) in [6, 6.07) is 14.4. The van der Waals surface area contributed by atoms with E-state index in [4.69, 9.17) is 9.47 Å². The van der Waals surface area contributed by atoms with Crippen LogP contribution in [0.15, 0.2) is 64.6 Å². The Bertz CT molecular complexity index is 1670. The highest BCUT2D eigenvalue weighted by atomic mass is 16.6. The normalized spacial score (nSPS) is 11.6. The average Bonchev–Trinajstić information content (AvgIpc) is 3.25. The van der Waals surface area contributed by atoms with Crippen molar-refractivity contribution in [1.82, 2.24) is 0 Å². The van der Waals surface area contributed by atoms with Gasteiger partial charge in [0, 0.05) is 47.8 Å². The van der Waals surface area contributed by atoms with Gasteiger partial charge in [0.1, 0.15) is 23.0 Å². The Hall–Kier alpha value is -4.40. The molecule has 0 aliphatic rings. The number of aliphatic imine (C=N–C) groups is 2. The second-order valence-corrected chi connectivity index (χ2v) is 16.8. The molecule has 338 valence electrons. The van der Waals surface area contributed by atoms with Crippen LogP contribution < -0.4 is 9.47 Å². The number of hydrogen-bond donors (Lipinski definition) is 2. The van der Waals surface area contributed by atoms with Crippen molar-refractivity contribution in [3.63, 3.8) is 0 Å². The fourth-order valence-electron chi connectivity index (χ4n) is 7.53. The minimum absolute atomic E-state index is 0.00531. The number of nitro benzene ring substituents is 1. The fraction of sp³-hybridized carbons (Fsp3) is 0.615. The van der Waals surface area contributed by atoms with Crippen LogP contribution in [0.3, 0.4) is 0 Å². The maximum absolute atomic E-state index is 11.6. The maximum atomic E-state index is 11.6. The largest absolute Gasteiger partial charge is 0.507 e. The van der Waals surface area contributed by atoms with Crippen LogP contribution in [0.1, 0.15) is 205 Å². The van der Waals surface area contributed by atoms with Crippen molar-refractivity contribution in [3.05, 3.63) is 75.8 Å². The van der Waals surface area contributed by atoms with E-state index in [9.17, 15) is 20.3 Å². The number of aromatic hydroxyl groups is 2. The smallest absolute Gasteiger partial charge is 0.271 e. The van der Waals surface area contributed by atoms with E-state index in [1.165, 1.54) is 185 Å². The molecule has 0 spiro atoms. The molecule has 2 N–H and O–H groups in total. The van der Waals surface area contributed by atoms with E-state index in [1.807, 2.05) is 0 Å². The quantitative estimate of drug-likeness (QED) is 0.0258. The van der Waals surface area contributed by atoms with Crippen LogP contribution in [0, 0.1) is 10.1 Å². The molecule has 0 unspecified atom stereocenters. The van der Waals surface area contributed by atoms with Gasteiger partial charge in [0.05, 0.1) is 29.5 Å². The lowest BCUT2D eigenvalue weighted by Gasteiger charge is -2.08. The summed E-state index contributed by atoms with van der Waals surface area (Å²) in [6.45, 7) is 5.72. The molecule has 3 aromatic carbocycles. The first-order valence-electron chi connectivity index (χ1n) is 24.2. The zero-order chi connectivity index (χ0) is 43.6. The number of phenolic OH excluding ortho intramolecular Hbond substituents is 2. The number of rotatable bonds is 37. The van der Waals surface area contributed by atoms with E-state index in [0.717, 1.165) is 25.7 Å². The SMILES string of the molecule is CCCCCCCCCCCCCCCCOc1ccc(C=Nc2ccc([N+](=O)[O-])cc2N=Cc2ccc(OCCCCCCCCCCCCCCCC)cc2O)c(O)c1. The molecule has 3 aromatic rings. The first-order chi connectivity index (χ1) is 29.9. The molecule has 3 rings (SSSR count). The van der Waals surface area contributed by atoms with Crippen LogP contribution in [0.5, 0.6) is 23.0 Å². The van der Waals surface area contributed by atoms with E-state index >= 15 is 0 Å². The lowest BCUT2D eigenvalue weighted by atomic mass is 10.0. The summed E-state index contributed by atoms with van der Waals surface area (Å²) in [5.74, 6) is 1.19. The number of nitrogens with zero attached hydrogens (tertiary/aromatic N) is 3. The number of ether oxygens (including phenoxy) is 2. The summed E-state index contributed by atoms with van der Waals surface area (Å²) in [4.78, 5) is 20.1. The van der Waals surface area contributed by atoms with Crippen LogP contribution in [0.2, 0.25) is 0 Å². The van der Waals surface area contributed by atoms with Crippen LogP contribution in [0.25, 0.3) is 0 Å². The molecular weight excluding hydrogens is 763 g/mol. The van der Waals surface area contributed by atoms with Crippen molar-refractivity contribution in [2.24, 2.45) is 9.98 Å². The van der Waals surface area contributed by atoms with Crippen LogP contribution in [-0.2, 0) is 0 Å². The molecule has 0 saturated carbocycles. The van der Waals surface area contributed by atoms with Gasteiger partial charge in [0.15, 0.2) is 0 Å². The second-order valence-electron chi connectivity index (χ2n) is 16.8. The third kappa shape index (κ3) is 23.4. The lowest BCUT2D eigenvalue weighted by molar-refractivity contribution is -0.384. The molecule has 9 heteroatoms. The molecule has 0 aliphatic heterocycles. The summed E-state index contributed by atoms with van der Waals surface area (Å²) in [7, 11) is 0. The topological polar surface area (TPSA) is 127 Å². The number of unbranched alkanes of at least 4 members (excludes halogenated alkanes) is 26. The average molecular weight is 842 g/mol. The molecule has 0 atom stereocenters. The number of phenols is 2. The Morgan fingerprint density at radius 1 is 0.475 bits per heavy atom. The van der Waals surface area contributed by atoms with Gasteiger partial charge in [-0.15, -0.1) is 0 Å². The Balaban J connectivity index is 1.38. The van der Waals surface area contributed by atoms with Crippen molar-refractivity contribution < 1.29 is 24.6 Å². The van der Waals surface area contributed by atoms with Crippen molar-refractivity contribution in [2.45, 2.75) is 194 Å². The van der Waals surface area contributed by atoms with Gasteiger partial charge in [-0.05, 0) is 43.2 Å². The predicted molar refractivity (Wildman–Crippen MR) is 255 cm³/mol. The Labute approximate surface area is 368 Å². The van der Waals surface area contributed by atoms with E-state index in [1.54, 1.807) is 36.4 Å². The zero-order valence-electron chi connectivity index (χ0n) is 37.9. The van der Waals surface area contributed by atoms with E-state index in [2.05, 4.69) is 23.8 Å². The Morgan fingerprint density at radius 2 is 0.820 bits per heavy atom. The molecule has 61 heavy (non-hydrogen) atoms. The van der Waals surface area contributed by atoms with Crippen molar-refractivity contribution >= 4 is 29.5 Å². The summed E-state index contributed by atoms with van der Waals surface area (Å²) < 4.78 is 11.8. The minimum Gasteiger partial charge on any atom is -0.507 e. The van der Waals surface area contributed by atoms with E-state index < -0.39 is 4.92 Å². The third-order valence-corrected chi connectivity index (χ3v) is 11.4. The van der Waals surface area contributed by atoms with Crippen LogP contribution in [0.4, 0.5) is 17.1 Å². The molecule has 0 aromatic heterocycles. The maximum Gasteiger partial charge on any atom is 0.271 e. The molecule has 9 nitrogen and oxygen atoms in total. The third-order valence-electron chi connectivity index (χ3n) is 11.4. The summed E-state index contributed by atoms with van der Waals surface area (Å²) >= 11 is 0.